The van der Waals surface area contributed by atoms with Gasteiger partial charge in [-0.05, 0) is 47.6 Å². The molecule has 0 N–H and O–H groups in total. The quantitative estimate of drug-likeness (QED) is 0.459. The molecule has 0 atom stereocenters. The van der Waals surface area contributed by atoms with Gasteiger partial charge in [0.1, 0.15) is 0 Å². The van der Waals surface area contributed by atoms with Crippen molar-refractivity contribution in [3.8, 4) is 0 Å². The van der Waals surface area contributed by atoms with E-state index in [4.69, 9.17) is 9.72 Å². The monoisotopic (exact) mass is 469 g/mol. The number of hydrogen-bond donors (Lipinski definition) is 0. The number of amides is 1. The number of ether oxygens (including phenoxy) is 1. The zero-order valence-corrected chi connectivity index (χ0v) is 20.9. The Bertz CT molecular complexity index is 1070. The predicted octanol–water partition coefficient (Wildman–Crippen LogP) is 5.29. The summed E-state index contributed by atoms with van der Waals surface area (Å²) >= 11 is 3.31. The van der Waals surface area contributed by atoms with Gasteiger partial charge in [0.05, 0.1) is 23.4 Å². The number of thiazole rings is 1. The van der Waals surface area contributed by atoms with Crippen LogP contribution in [-0.2, 0) is 10.2 Å². The molecule has 2 aromatic carbocycles. The molecule has 0 radical (unpaired) electrons. The summed E-state index contributed by atoms with van der Waals surface area (Å²) in [5.41, 5.74) is 2.91. The highest BCUT2D eigenvalue weighted by Crippen LogP contribution is 2.32. The van der Waals surface area contributed by atoms with E-state index in [1.54, 1.807) is 23.1 Å². The summed E-state index contributed by atoms with van der Waals surface area (Å²) in [7, 11) is 0. The normalized spacial score (nSPS) is 15.2. The summed E-state index contributed by atoms with van der Waals surface area (Å²) in [6, 6.07) is 14.3. The minimum atomic E-state index is 0.00265. The van der Waals surface area contributed by atoms with Gasteiger partial charge in [-0.2, -0.15) is 0 Å². The Labute approximate surface area is 198 Å². The fourth-order valence-electron chi connectivity index (χ4n) is 3.75. The molecule has 1 saturated heterocycles. The third kappa shape index (κ3) is 5.34. The van der Waals surface area contributed by atoms with Crippen LogP contribution in [0.2, 0.25) is 0 Å². The van der Waals surface area contributed by atoms with Crippen LogP contribution in [-0.4, -0.2) is 61.4 Å². The maximum Gasteiger partial charge on any atom is 0.260 e. The first kappa shape index (κ1) is 23.2. The summed E-state index contributed by atoms with van der Waals surface area (Å²) in [6.45, 7) is 11.3. The van der Waals surface area contributed by atoms with Crippen LogP contribution in [0, 0.1) is 0 Å². The number of fused-ring (bicyclic) bond motifs is 1. The molecule has 3 aromatic rings. The van der Waals surface area contributed by atoms with Crippen LogP contribution in [0.15, 0.2) is 47.4 Å². The molecule has 5 nitrogen and oxygen atoms in total. The number of morpholine rings is 1. The Hall–Kier alpha value is -1.93. The van der Waals surface area contributed by atoms with Gasteiger partial charge < -0.3 is 4.74 Å². The average Bonchev–Trinajstić information content (AvgIpc) is 3.22. The zero-order chi connectivity index (χ0) is 22.7. The first-order chi connectivity index (χ1) is 15.3. The number of benzene rings is 2. The lowest BCUT2D eigenvalue weighted by Crippen LogP contribution is -2.43. The van der Waals surface area contributed by atoms with Gasteiger partial charge in [-0.1, -0.05) is 44.2 Å². The predicted molar refractivity (Wildman–Crippen MR) is 135 cm³/mol. The van der Waals surface area contributed by atoms with E-state index >= 15 is 0 Å². The summed E-state index contributed by atoms with van der Waals surface area (Å²) in [4.78, 5) is 23.9. The van der Waals surface area contributed by atoms with E-state index in [1.165, 1.54) is 10.5 Å². The Morgan fingerprint density at radius 3 is 2.53 bits per heavy atom. The van der Waals surface area contributed by atoms with Gasteiger partial charge in [0.25, 0.3) is 5.91 Å². The molecule has 0 saturated carbocycles. The summed E-state index contributed by atoms with van der Waals surface area (Å²) in [5, 5.41) is 0.761. The maximum absolute atomic E-state index is 13.6. The molecule has 1 aromatic heterocycles. The van der Waals surface area contributed by atoms with E-state index in [0.29, 0.717) is 12.1 Å². The third-order valence-electron chi connectivity index (χ3n) is 5.80. The van der Waals surface area contributed by atoms with Crippen LogP contribution < -0.4 is 4.90 Å². The number of rotatable bonds is 6. The van der Waals surface area contributed by atoms with Gasteiger partial charge in [0.15, 0.2) is 5.13 Å². The molecule has 32 heavy (non-hydrogen) atoms. The second-order valence-electron chi connectivity index (χ2n) is 9.07. The van der Waals surface area contributed by atoms with Gasteiger partial charge >= 0.3 is 0 Å². The Balaban J connectivity index is 1.62. The summed E-state index contributed by atoms with van der Waals surface area (Å²) < 4.78 is 6.58. The standard InChI is InChI=1S/C25H31N3O2S2/c1-25(2,3)19-7-5-18(6-8-19)23(29)28(12-11-27-13-15-30-16-14-27)24-26-21-10-9-20(31-4)17-22(21)32-24/h5-10,17H,11-16H2,1-4H3. The number of hydrogen-bond acceptors (Lipinski definition) is 6. The van der Waals surface area contributed by atoms with Crippen molar-refractivity contribution in [1.29, 1.82) is 0 Å². The lowest BCUT2D eigenvalue weighted by Gasteiger charge is -2.29. The second kappa shape index (κ2) is 9.91. The minimum Gasteiger partial charge on any atom is -0.379 e. The van der Waals surface area contributed by atoms with Crippen LogP contribution in [0.4, 0.5) is 5.13 Å². The molecule has 7 heteroatoms. The smallest absolute Gasteiger partial charge is 0.260 e. The molecule has 170 valence electrons. The number of thioether (sulfide) groups is 1. The van der Waals surface area contributed by atoms with Gasteiger partial charge in [-0.25, -0.2) is 4.98 Å². The maximum atomic E-state index is 13.6. The fourth-order valence-corrected chi connectivity index (χ4v) is 5.30. The van der Waals surface area contributed by atoms with Crippen molar-refractivity contribution in [2.45, 2.75) is 31.1 Å². The summed E-state index contributed by atoms with van der Waals surface area (Å²) in [5.74, 6) is 0.00265. The Kier molecular flexibility index (Phi) is 7.20. The van der Waals surface area contributed by atoms with Crippen molar-refractivity contribution in [2.24, 2.45) is 0 Å². The molecule has 0 aliphatic carbocycles. The Morgan fingerprint density at radius 2 is 1.88 bits per heavy atom. The zero-order valence-electron chi connectivity index (χ0n) is 19.3. The third-order valence-corrected chi connectivity index (χ3v) is 7.57. The molecule has 1 fully saturated rings. The van der Waals surface area contributed by atoms with Crippen LogP contribution in [0.1, 0.15) is 36.7 Å². The first-order valence-electron chi connectivity index (χ1n) is 11.0. The van der Waals surface area contributed by atoms with Gasteiger partial charge in [0, 0.05) is 36.6 Å². The lowest BCUT2D eigenvalue weighted by atomic mass is 9.86. The van der Waals surface area contributed by atoms with Gasteiger partial charge in [0.2, 0.25) is 0 Å². The molecule has 0 bridgehead atoms. The minimum absolute atomic E-state index is 0.00265. The van der Waals surface area contributed by atoms with Crippen molar-refractivity contribution < 1.29 is 9.53 Å². The molecule has 2 heterocycles. The van der Waals surface area contributed by atoms with E-state index in [1.807, 2.05) is 23.1 Å². The molecular formula is C25H31N3O2S2. The second-order valence-corrected chi connectivity index (χ2v) is 11.0. The highest BCUT2D eigenvalue weighted by molar-refractivity contribution is 7.98. The number of carbonyl (C=O) groups excluding carboxylic acids is 1. The Morgan fingerprint density at radius 1 is 1.16 bits per heavy atom. The number of anilines is 1. The number of nitrogens with zero attached hydrogens (tertiary/aromatic N) is 3. The lowest BCUT2D eigenvalue weighted by molar-refractivity contribution is 0.0391. The molecule has 1 aliphatic rings. The topological polar surface area (TPSA) is 45.7 Å². The van der Waals surface area contributed by atoms with Crippen LogP contribution in [0.5, 0.6) is 0 Å². The highest BCUT2D eigenvalue weighted by atomic mass is 32.2. The van der Waals surface area contributed by atoms with E-state index in [2.05, 4.69) is 56.2 Å². The highest BCUT2D eigenvalue weighted by Gasteiger charge is 2.23. The molecular weight excluding hydrogens is 438 g/mol. The SMILES string of the molecule is CSc1ccc2nc(N(CCN3CCOCC3)C(=O)c3ccc(C(C)(C)C)cc3)sc2c1. The van der Waals surface area contributed by atoms with E-state index in [-0.39, 0.29) is 11.3 Å². The van der Waals surface area contributed by atoms with Gasteiger partial charge in [-0.15, -0.1) is 11.8 Å². The van der Waals surface area contributed by atoms with Crippen LogP contribution in [0.25, 0.3) is 10.2 Å². The molecule has 1 amide bonds. The van der Waals surface area contributed by atoms with E-state index in [9.17, 15) is 4.79 Å². The van der Waals surface area contributed by atoms with Crippen molar-refractivity contribution >= 4 is 44.4 Å². The number of carbonyl (C=O) groups is 1. The van der Waals surface area contributed by atoms with E-state index in [0.717, 1.165) is 48.2 Å². The summed E-state index contributed by atoms with van der Waals surface area (Å²) in [6.07, 6.45) is 2.07. The van der Waals surface area contributed by atoms with Crippen LogP contribution >= 0.6 is 23.1 Å². The van der Waals surface area contributed by atoms with Crippen molar-refractivity contribution in [1.82, 2.24) is 9.88 Å². The molecule has 0 unspecified atom stereocenters. The van der Waals surface area contributed by atoms with Crippen molar-refractivity contribution in [3.05, 3.63) is 53.6 Å². The molecule has 1 aliphatic heterocycles. The van der Waals surface area contributed by atoms with Crippen molar-refractivity contribution in [2.75, 3.05) is 50.5 Å². The van der Waals surface area contributed by atoms with Crippen molar-refractivity contribution in [3.63, 3.8) is 0 Å². The van der Waals surface area contributed by atoms with Crippen LogP contribution in [0.3, 0.4) is 0 Å². The largest absolute Gasteiger partial charge is 0.379 e. The van der Waals surface area contributed by atoms with Gasteiger partial charge in [-0.3, -0.25) is 14.6 Å². The average molecular weight is 470 g/mol. The molecule has 0 spiro atoms. The first-order valence-corrected chi connectivity index (χ1v) is 13.1. The fraction of sp³-hybridized carbons (Fsp3) is 0.440. The van der Waals surface area contributed by atoms with E-state index < -0.39 is 0 Å². The number of aromatic nitrogens is 1. The molecule has 4 rings (SSSR count).